The van der Waals surface area contributed by atoms with Crippen molar-refractivity contribution >= 4 is 32.3 Å². The molecule has 0 N–H and O–H groups in total. The van der Waals surface area contributed by atoms with Crippen LogP contribution in [0.3, 0.4) is 0 Å². The molecule has 0 radical (unpaired) electrons. The van der Waals surface area contributed by atoms with Gasteiger partial charge in [0, 0.05) is 33.4 Å². The highest BCUT2D eigenvalue weighted by molar-refractivity contribution is 6.04. The van der Waals surface area contributed by atoms with Crippen LogP contribution in [0.5, 0.6) is 0 Å². The molecule has 53 heavy (non-hydrogen) atoms. The lowest BCUT2D eigenvalue weighted by molar-refractivity contribution is 0.585. The van der Waals surface area contributed by atoms with E-state index in [2.05, 4.69) is 162 Å². The predicted molar refractivity (Wildman–Crippen MR) is 215 cm³/mol. The molecule has 5 nitrogen and oxygen atoms in total. The summed E-state index contributed by atoms with van der Waals surface area (Å²) in [5.74, 6) is 1.63. The Kier molecular flexibility index (Phi) is 7.40. The summed E-state index contributed by atoms with van der Waals surface area (Å²) in [6.45, 7) is 0. The Bertz CT molecular complexity index is 2860. The molecule has 0 aliphatic rings. The molecule has 10 rings (SSSR count). The van der Waals surface area contributed by atoms with E-state index in [-0.39, 0.29) is 0 Å². The van der Waals surface area contributed by atoms with Crippen molar-refractivity contribution in [1.29, 1.82) is 0 Å². The first kappa shape index (κ1) is 30.6. The standard InChI is InChI=1S/C48H30N4O/c1-2-16-34(17-3-1)47-51-52-48(53-47)42-28-27-33-15-6-9-24-39(33)45(42)36-21-10-20-35(29-36)43-30-44(40-25-11-18-31-13-4-7-22-37(31)40)50-46(49-43)41-26-12-19-32-14-5-8-23-38(32)41/h1-30H. The third-order valence-corrected chi connectivity index (χ3v) is 9.87. The van der Waals surface area contributed by atoms with Crippen molar-refractivity contribution in [3.8, 4) is 67.9 Å². The van der Waals surface area contributed by atoms with Gasteiger partial charge < -0.3 is 4.42 Å². The van der Waals surface area contributed by atoms with Crippen LogP contribution in [0.25, 0.3) is 100 Å². The molecule has 248 valence electrons. The third-order valence-electron chi connectivity index (χ3n) is 9.87. The van der Waals surface area contributed by atoms with E-state index < -0.39 is 0 Å². The molecule has 5 heteroatoms. The molecule has 0 unspecified atom stereocenters. The minimum atomic E-state index is 0.466. The Balaban J connectivity index is 1.18. The molecule has 0 aliphatic heterocycles. The molecule has 0 fully saturated rings. The SMILES string of the molecule is c1ccc(-c2nnc(-c3ccc4ccccc4c3-c3cccc(-c4cc(-c5cccc6ccccc56)nc(-c5cccc6ccccc56)n4)c3)o2)cc1. The highest BCUT2D eigenvalue weighted by Crippen LogP contribution is 2.40. The van der Waals surface area contributed by atoms with Crippen LogP contribution in [-0.2, 0) is 0 Å². The monoisotopic (exact) mass is 678 g/mol. The minimum absolute atomic E-state index is 0.466. The van der Waals surface area contributed by atoms with Gasteiger partial charge in [0.2, 0.25) is 11.8 Å². The van der Waals surface area contributed by atoms with E-state index in [0.717, 1.165) is 77.3 Å². The van der Waals surface area contributed by atoms with Crippen molar-refractivity contribution in [2.45, 2.75) is 0 Å². The van der Waals surface area contributed by atoms with E-state index in [0.29, 0.717) is 17.6 Å². The van der Waals surface area contributed by atoms with Crippen LogP contribution in [-0.4, -0.2) is 20.2 Å². The number of nitrogens with zero attached hydrogens (tertiary/aromatic N) is 4. The van der Waals surface area contributed by atoms with Crippen LogP contribution in [0.2, 0.25) is 0 Å². The van der Waals surface area contributed by atoms with Crippen molar-refractivity contribution in [2.24, 2.45) is 0 Å². The average Bonchev–Trinajstić information content (AvgIpc) is 3.73. The highest BCUT2D eigenvalue weighted by atomic mass is 16.4. The first-order valence-corrected chi connectivity index (χ1v) is 17.6. The van der Waals surface area contributed by atoms with Gasteiger partial charge in [0.15, 0.2) is 5.82 Å². The predicted octanol–water partition coefficient (Wildman–Crippen LogP) is 12.3. The summed E-state index contributed by atoms with van der Waals surface area (Å²) in [6.07, 6.45) is 0. The lowest BCUT2D eigenvalue weighted by Crippen LogP contribution is -1.97. The molecular weight excluding hydrogens is 649 g/mol. The Hall–Kier alpha value is -7.24. The van der Waals surface area contributed by atoms with Gasteiger partial charge in [-0.1, -0.05) is 152 Å². The number of aromatic nitrogens is 4. The second-order valence-electron chi connectivity index (χ2n) is 13.1. The Morgan fingerprint density at radius 3 is 1.66 bits per heavy atom. The maximum Gasteiger partial charge on any atom is 0.248 e. The van der Waals surface area contributed by atoms with Gasteiger partial charge in [0.05, 0.1) is 11.4 Å². The smallest absolute Gasteiger partial charge is 0.248 e. The van der Waals surface area contributed by atoms with Gasteiger partial charge in [-0.2, -0.15) is 0 Å². The molecular formula is C48H30N4O. The second kappa shape index (κ2) is 12.8. The molecule has 2 aromatic heterocycles. The fourth-order valence-electron chi connectivity index (χ4n) is 7.35. The molecule has 0 spiro atoms. The summed E-state index contributed by atoms with van der Waals surface area (Å²) in [7, 11) is 0. The Morgan fingerprint density at radius 1 is 0.340 bits per heavy atom. The fourth-order valence-corrected chi connectivity index (χ4v) is 7.35. The van der Waals surface area contributed by atoms with Crippen molar-refractivity contribution in [1.82, 2.24) is 20.2 Å². The summed E-state index contributed by atoms with van der Waals surface area (Å²) in [5, 5.41) is 15.8. The number of hydrogen-bond acceptors (Lipinski definition) is 5. The van der Waals surface area contributed by atoms with Gasteiger partial charge >= 0.3 is 0 Å². The van der Waals surface area contributed by atoms with Crippen LogP contribution in [0.4, 0.5) is 0 Å². The summed E-state index contributed by atoms with van der Waals surface area (Å²) in [6, 6.07) is 62.7. The molecule has 0 saturated carbocycles. The van der Waals surface area contributed by atoms with Crippen molar-refractivity contribution in [3.63, 3.8) is 0 Å². The largest absolute Gasteiger partial charge is 0.416 e. The molecule has 0 bridgehead atoms. The van der Waals surface area contributed by atoms with Crippen molar-refractivity contribution in [3.05, 3.63) is 182 Å². The van der Waals surface area contributed by atoms with E-state index in [9.17, 15) is 0 Å². The quantitative estimate of drug-likeness (QED) is 0.175. The van der Waals surface area contributed by atoms with Crippen LogP contribution in [0.15, 0.2) is 186 Å². The maximum absolute atomic E-state index is 6.34. The van der Waals surface area contributed by atoms with Gasteiger partial charge in [0.1, 0.15) is 0 Å². The fraction of sp³-hybridized carbons (Fsp3) is 0. The zero-order chi connectivity index (χ0) is 35.1. The van der Waals surface area contributed by atoms with Gasteiger partial charge in [-0.25, -0.2) is 9.97 Å². The van der Waals surface area contributed by atoms with Gasteiger partial charge in [0.25, 0.3) is 0 Å². The highest BCUT2D eigenvalue weighted by Gasteiger charge is 2.20. The second-order valence-corrected chi connectivity index (χ2v) is 13.1. The lowest BCUT2D eigenvalue weighted by atomic mass is 9.91. The number of hydrogen-bond donors (Lipinski definition) is 0. The van der Waals surface area contributed by atoms with E-state index in [1.54, 1.807) is 0 Å². The van der Waals surface area contributed by atoms with Gasteiger partial charge in [-0.15, -0.1) is 10.2 Å². The van der Waals surface area contributed by atoms with Gasteiger partial charge in [-0.05, 0) is 68.2 Å². The Morgan fingerprint density at radius 2 is 0.887 bits per heavy atom. The summed E-state index contributed by atoms with van der Waals surface area (Å²) < 4.78 is 6.34. The maximum atomic E-state index is 6.34. The number of benzene rings is 8. The first-order chi connectivity index (χ1) is 26.3. The lowest BCUT2D eigenvalue weighted by Gasteiger charge is -2.14. The molecule has 0 aliphatic carbocycles. The summed E-state index contributed by atoms with van der Waals surface area (Å²) >= 11 is 0. The molecule has 0 amide bonds. The topological polar surface area (TPSA) is 64.7 Å². The number of fused-ring (bicyclic) bond motifs is 3. The van der Waals surface area contributed by atoms with Crippen molar-refractivity contribution in [2.75, 3.05) is 0 Å². The summed E-state index contributed by atoms with van der Waals surface area (Å²) in [4.78, 5) is 10.6. The molecule has 0 saturated heterocycles. The van der Waals surface area contributed by atoms with E-state index >= 15 is 0 Å². The van der Waals surface area contributed by atoms with Crippen LogP contribution in [0.1, 0.15) is 0 Å². The zero-order valence-electron chi connectivity index (χ0n) is 28.5. The van der Waals surface area contributed by atoms with Crippen LogP contribution in [0, 0.1) is 0 Å². The van der Waals surface area contributed by atoms with Crippen LogP contribution >= 0.6 is 0 Å². The third kappa shape index (κ3) is 5.52. The Labute approximate surface area is 305 Å². The van der Waals surface area contributed by atoms with E-state index in [4.69, 9.17) is 14.4 Å². The first-order valence-electron chi connectivity index (χ1n) is 17.6. The molecule has 8 aromatic carbocycles. The van der Waals surface area contributed by atoms with Gasteiger partial charge in [-0.3, -0.25) is 0 Å². The summed E-state index contributed by atoms with van der Waals surface area (Å²) in [5.41, 5.74) is 8.51. The van der Waals surface area contributed by atoms with Crippen molar-refractivity contribution < 1.29 is 4.42 Å². The number of rotatable bonds is 6. The molecule has 0 atom stereocenters. The van der Waals surface area contributed by atoms with Crippen LogP contribution < -0.4 is 0 Å². The minimum Gasteiger partial charge on any atom is -0.416 e. The molecule has 2 heterocycles. The van der Waals surface area contributed by atoms with E-state index in [1.807, 2.05) is 30.3 Å². The normalized spacial score (nSPS) is 11.4. The molecule has 10 aromatic rings. The average molecular weight is 679 g/mol. The van der Waals surface area contributed by atoms with E-state index in [1.165, 1.54) is 5.39 Å². The zero-order valence-corrected chi connectivity index (χ0v) is 28.5.